The van der Waals surface area contributed by atoms with Crippen molar-refractivity contribution in [1.29, 1.82) is 0 Å². The molecule has 3 N–H and O–H groups in total. The zero-order chi connectivity index (χ0) is 29.9. The van der Waals surface area contributed by atoms with Gasteiger partial charge in [0.15, 0.2) is 0 Å². The highest BCUT2D eigenvalue weighted by Gasteiger charge is 2.30. The lowest BCUT2D eigenvalue weighted by Gasteiger charge is -2.39. The normalized spacial score (nSPS) is 15.2. The van der Waals surface area contributed by atoms with Crippen LogP contribution in [0.3, 0.4) is 0 Å². The fourth-order valence-corrected chi connectivity index (χ4v) is 4.99. The molecular weight excluding hydrogens is 560 g/mol. The molecular formula is C30H29F2N7O4. The number of aromatic nitrogens is 3. The van der Waals surface area contributed by atoms with Gasteiger partial charge in [0, 0.05) is 54.9 Å². The van der Waals surface area contributed by atoms with Crippen molar-refractivity contribution in [3.8, 4) is 5.69 Å². The summed E-state index contributed by atoms with van der Waals surface area (Å²) in [5.74, 6) is -2.41. The lowest BCUT2D eigenvalue weighted by molar-refractivity contribution is 0.0302. The Hall–Kier alpha value is -4.88. The number of rotatable bonds is 8. The van der Waals surface area contributed by atoms with E-state index in [4.69, 9.17) is 4.74 Å². The van der Waals surface area contributed by atoms with Crippen LogP contribution in [0.25, 0.3) is 5.69 Å². The van der Waals surface area contributed by atoms with Gasteiger partial charge >= 0.3 is 0 Å². The van der Waals surface area contributed by atoms with Crippen molar-refractivity contribution in [3.05, 3.63) is 95.3 Å². The first-order valence-corrected chi connectivity index (χ1v) is 13.8. The second-order valence-corrected chi connectivity index (χ2v) is 10.4. The number of β-amino-alcohol motifs (C(OH)–C–C–N with tert-alkyl or cyclic N) is 1. The molecule has 4 aromatic rings. The molecule has 2 fully saturated rings. The van der Waals surface area contributed by atoms with E-state index in [2.05, 4.69) is 20.9 Å². The Morgan fingerprint density at radius 1 is 0.977 bits per heavy atom. The molecule has 0 atom stereocenters. The van der Waals surface area contributed by atoms with Gasteiger partial charge in [0.25, 0.3) is 11.8 Å². The SMILES string of the molecule is O=C(Nc1cccc(-n2cc(CNc3ccc(N4CC(O)C4)c(C(=O)N4CCOCC4)c3)nn2)c1)c1cc(F)cc(F)c1. The van der Waals surface area contributed by atoms with Gasteiger partial charge in [0.1, 0.15) is 17.3 Å². The van der Waals surface area contributed by atoms with Gasteiger partial charge < -0.3 is 30.3 Å². The topological polar surface area (TPSA) is 125 Å². The third kappa shape index (κ3) is 6.47. The van der Waals surface area contributed by atoms with Gasteiger partial charge in [-0.2, -0.15) is 0 Å². The number of nitrogens with zero attached hydrogens (tertiary/aromatic N) is 5. The molecule has 43 heavy (non-hydrogen) atoms. The number of carbonyl (C=O) groups is 2. The Morgan fingerprint density at radius 3 is 2.49 bits per heavy atom. The number of halogens is 2. The summed E-state index contributed by atoms with van der Waals surface area (Å²) in [5, 5.41) is 24.1. The summed E-state index contributed by atoms with van der Waals surface area (Å²) in [6.45, 7) is 3.33. The lowest BCUT2D eigenvalue weighted by Crippen LogP contribution is -2.51. The number of aliphatic hydroxyl groups excluding tert-OH is 1. The first kappa shape index (κ1) is 28.2. The third-order valence-electron chi connectivity index (χ3n) is 7.24. The molecule has 0 aliphatic carbocycles. The van der Waals surface area contributed by atoms with Gasteiger partial charge in [-0.05, 0) is 48.5 Å². The van der Waals surface area contributed by atoms with Crippen LogP contribution in [-0.4, -0.2) is 82.3 Å². The molecule has 0 unspecified atom stereocenters. The van der Waals surface area contributed by atoms with Crippen molar-refractivity contribution in [2.45, 2.75) is 12.6 Å². The first-order chi connectivity index (χ1) is 20.8. The number of morpholine rings is 1. The van der Waals surface area contributed by atoms with E-state index in [1.807, 2.05) is 23.1 Å². The number of aliphatic hydroxyl groups is 1. The molecule has 11 nitrogen and oxygen atoms in total. The van der Waals surface area contributed by atoms with E-state index in [0.717, 1.165) is 23.5 Å². The summed E-state index contributed by atoms with van der Waals surface area (Å²) >= 11 is 0. The molecule has 222 valence electrons. The average Bonchev–Trinajstić information content (AvgIpc) is 3.47. The van der Waals surface area contributed by atoms with Crippen LogP contribution in [0.15, 0.2) is 66.9 Å². The number of carbonyl (C=O) groups excluding carboxylic acids is 2. The van der Waals surface area contributed by atoms with Gasteiger partial charge in [-0.3, -0.25) is 9.59 Å². The molecule has 6 rings (SSSR count). The van der Waals surface area contributed by atoms with Crippen LogP contribution < -0.4 is 15.5 Å². The highest BCUT2D eigenvalue weighted by Crippen LogP contribution is 2.30. The Bertz CT molecular complexity index is 1630. The third-order valence-corrected chi connectivity index (χ3v) is 7.24. The molecule has 13 heteroatoms. The molecule has 2 saturated heterocycles. The van der Waals surface area contributed by atoms with Crippen molar-refractivity contribution in [2.24, 2.45) is 0 Å². The van der Waals surface area contributed by atoms with Crippen LogP contribution in [0, 0.1) is 11.6 Å². The largest absolute Gasteiger partial charge is 0.389 e. The van der Waals surface area contributed by atoms with Gasteiger partial charge in [-0.15, -0.1) is 5.10 Å². The number of ether oxygens (including phenoxy) is 1. The van der Waals surface area contributed by atoms with Crippen LogP contribution in [0.2, 0.25) is 0 Å². The number of nitrogens with one attached hydrogen (secondary N) is 2. The van der Waals surface area contributed by atoms with Crippen LogP contribution in [-0.2, 0) is 11.3 Å². The van der Waals surface area contributed by atoms with Crippen molar-refractivity contribution >= 4 is 28.9 Å². The van der Waals surface area contributed by atoms with Gasteiger partial charge in [-0.1, -0.05) is 11.3 Å². The number of hydrogen-bond acceptors (Lipinski definition) is 8. The van der Waals surface area contributed by atoms with Gasteiger partial charge in [-0.25, -0.2) is 13.5 Å². The zero-order valence-electron chi connectivity index (χ0n) is 23.0. The second-order valence-electron chi connectivity index (χ2n) is 10.4. The molecule has 0 saturated carbocycles. The number of anilines is 3. The summed E-state index contributed by atoms with van der Waals surface area (Å²) in [5.41, 5.74) is 3.59. The predicted octanol–water partition coefficient (Wildman–Crippen LogP) is 3.06. The average molecular weight is 590 g/mol. The summed E-state index contributed by atoms with van der Waals surface area (Å²) in [7, 11) is 0. The molecule has 0 bridgehead atoms. The maximum atomic E-state index is 13.5. The smallest absolute Gasteiger partial charge is 0.256 e. The van der Waals surface area contributed by atoms with E-state index in [1.54, 1.807) is 40.0 Å². The summed E-state index contributed by atoms with van der Waals surface area (Å²) < 4.78 is 34.0. The minimum atomic E-state index is -0.838. The van der Waals surface area contributed by atoms with E-state index in [-0.39, 0.29) is 11.5 Å². The summed E-state index contributed by atoms with van der Waals surface area (Å²) in [6, 6.07) is 15.0. The Morgan fingerprint density at radius 2 is 1.74 bits per heavy atom. The molecule has 1 aromatic heterocycles. The van der Waals surface area contributed by atoms with E-state index in [9.17, 15) is 23.5 Å². The van der Waals surface area contributed by atoms with Crippen LogP contribution in [0.1, 0.15) is 26.4 Å². The fraction of sp³-hybridized carbons (Fsp3) is 0.267. The Balaban J connectivity index is 1.13. The summed E-state index contributed by atoms with van der Waals surface area (Å²) in [4.78, 5) is 29.7. The minimum Gasteiger partial charge on any atom is -0.389 e. The maximum absolute atomic E-state index is 13.5. The molecule has 0 radical (unpaired) electrons. The standard InChI is InChI=1S/C30H29F2N7O4/c31-20-10-19(11-21(32)12-20)29(41)34-23-2-1-3-25(13-23)39-16-24(35-36-39)15-33-22-4-5-28(38-17-26(40)18-38)27(14-22)30(42)37-6-8-43-9-7-37/h1-5,10-14,16,26,33,40H,6-9,15,17-18H2,(H,34,41). The van der Waals surface area contributed by atoms with Crippen LogP contribution in [0.4, 0.5) is 25.8 Å². The second kappa shape index (κ2) is 12.2. The monoisotopic (exact) mass is 589 g/mol. The Labute approximate surface area is 245 Å². The van der Waals surface area contributed by atoms with Crippen molar-refractivity contribution in [3.63, 3.8) is 0 Å². The highest BCUT2D eigenvalue weighted by atomic mass is 19.1. The van der Waals surface area contributed by atoms with Gasteiger partial charge in [0.2, 0.25) is 0 Å². The Kier molecular flexibility index (Phi) is 7.99. The molecule has 2 aliphatic rings. The quantitative estimate of drug-likeness (QED) is 0.287. The van der Waals surface area contributed by atoms with Crippen LogP contribution >= 0.6 is 0 Å². The number of amides is 2. The predicted molar refractivity (Wildman–Crippen MR) is 154 cm³/mol. The van der Waals surface area contributed by atoms with Crippen LogP contribution in [0.5, 0.6) is 0 Å². The molecule has 3 heterocycles. The molecule has 2 aliphatic heterocycles. The first-order valence-electron chi connectivity index (χ1n) is 13.8. The van der Waals surface area contributed by atoms with E-state index in [1.165, 1.54) is 0 Å². The molecule has 3 aromatic carbocycles. The van der Waals surface area contributed by atoms with E-state index in [0.29, 0.717) is 74.6 Å². The minimum absolute atomic E-state index is 0.0798. The van der Waals surface area contributed by atoms with E-state index < -0.39 is 23.6 Å². The highest BCUT2D eigenvalue weighted by molar-refractivity contribution is 6.04. The van der Waals surface area contributed by atoms with Gasteiger partial charge in [0.05, 0.1) is 43.3 Å². The van der Waals surface area contributed by atoms with E-state index >= 15 is 0 Å². The van der Waals surface area contributed by atoms with Crippen molar-refractivity contribution in [1.82, 2.24) is 19.9 Å². The fourth-order valence-electron chi connectivity index (χ4n) is 4.99. The number of benzene rings is 3. The number of hydrogen-bond donors (Lipinski definition) is 3. The summed E-state index contributed by atoms with van der Waals surface area (Å²) in [6.07, 6.45) is 1.33. The van der Waals surface area contributed by atoms with Crippen molar-refractivity contribution < 1.29 is 28.2 Å². The maximum Gasteiger partial charge on any atom is 0.256 e. The van der Waals surface area contributed by atoms with Crippen molar-refractivity contribution in [2.75, 3.05) is 54.9 Å². The zero-order valence-corrected chi connectivity index (χ0v) is 23.0. The molecule has 0 spiro atoms. The lowest BCUT2D eigenvalue weighted by atomic mass is 10.0. The molecule has 2 amide bonds.